The van der Waals surface area contributed by atoms with Crippen LogP contribution in [0.5, 0.6) is 11.5 Å². The summed E-state index contributed by atoms with van der Waals surface area (Å²) in [5.74, 6) is 1.87. The van der Waals surface area contributed by atoms with Crippen LogP contribution < -0.4 is 14.4 Å². The van der Waals surface area contributed by atoms with E-state index in [2.05, 4.69) is 4.98 Å². The number of anilines is 1. The molecule has 0 fully saturated rings. The molecule has 0 N–H and O–H groups in total. The fraction of sp³-hybridized carbons (Fsp3) is 0.286. The second kappa shape index (κ2) is 4.83. The first-order valence-corrected chi connectivity index (χ1v) is 6.55. The van der Waals surface area contributed by atoms with Gasteiger partial charge in [0.05, 0.1) is 11.1 Å². The second-order valence-corrected chi connectivity index (χ2v) is 5.06. The Bertz CT molecular complexity index is 700. The van der Waals surface area contributed by atoms with Crippen LogP contribution in [0.4, 0.5) is 5.82 Å². The number of pyridine rings is 1. The average molecular weight is 293 g/mol. The quantitative estimate of drug-likeness (QED) is 0.796. The molecule has 5 nitrogen and oxygen atoms in total. The molecular weight excluding hydrogens is 280 g/mol. The zero-order valence-electron chi connectivity index (χ0n) is 11.1. The summed E-state index contributed by atoms with van der Waals surface area (Å²) in [6, 6.07) is 5.37. The molecule has 0 saturated carbocycles. The highest BCUT2D eigenvalue weighted by molar-refractivity contribution is 6.68. The molecule has 0 saturated heterocycles. The van der Waals surface area contributed by atoms with Gasteiger partial charge in [0.2, 0.25) is 0 Å². The molecule has 2 aromatic rings. The molecule has 0 unspecified atom stereocenters. The lowest BCUT2D eigenvalue weighted by Gasteiger charge is -2.20. The number of carbonyl (C=O) groups excluding carboxylic acids is 1. The van der Waals surface area contributed by atoms with Gasteiger partial charge in [0, 0.05) is 25.5 Å². The number of benzene rings is 1. The normalized spacial score (nSPS) is 13.3. The first kappa shape index (κ1) is 13.0. The van der Waals surface area contributed by atoms with E-state index in [4.69, 9.17) is 21.1 Å². The lowest BCUT2D eigenvalue weighted by atomic mass is 10.1. The van der Waals surface area contributed by atoms with Gasteiger partial charge >= 0.3 is 0 Å². The van der Waals surface area contributed by atoms with E-state index in [1.54, 1.807) is 11.0 Å². The first-order valence-electron chi connectivity index (χ1n) is 6.18. The predicted octanol–water partition coefficient (Wildman–Crippen LogP) is 2.45. The van der Waals surface area contributed by atoms with Gasteiger partial charge in [0.25, 0.3) is 5.24 Å². The van der Waals surface area contributed by atoms with E-state index in [1.807, 2.05) is 26.2 Å². The van der Waals surface area contributed by atoms with Gasteiger partial charge in [-0.05, 0) is 23.7 Å². The Morgan fingerprint density at radius 3 is 2.45 bits per heavy atom. The Morgan fingerprint density at radius 2 is 1.85 bits per heavy atom. The standard InChI is InChI=1S/C14H13ClN2O3/c1-17(2)14-9(13(15)18)5-8-6-11-12(7-10(8)16-14)20-4-3-19-11/h5-7H,3-4H2,1-2H3. The molecule has 20 heavy (non-hydrogen) atoms. The summed E-state index contributed by atoms with van der Waals surface area (Å²) in [5, 5.41) is 0.266. The summed E-state index contributed by atoms with van der Waals surface area (Å²) >= 11 is 5.63. The molecule has 2 heterocycles. The van der Waals surface area contributed by atoms with Crippen molar-refractivity contribution in [2.45, 2.75) is 0 Å². The number of ether oxygens (including phenoxy) is 2. The van der Waals surface area contributed by atoms with Crippen LogP contribution in [0, 0.1) is 0 Å². The van der Waals surface area contributed by atoms with E-state index in [-0.39, 0.29) is 0 Å². The molecule has 6 heteroatoms. The third kappa shape index (κ3) is 2.14. The summed E-state index contributed by atoms with van der Waals surface area (Å²) < 4.78 is 11.1. The third-order valence-electron chi connectivity index (χ3n) is 3.09. The SMILES string of the molecule is CN(C)c1nc2cc3c(cc2cc1C(=O)Cl)OCCO3. The Hall–Kier alpha value is -2.01. The molecule has 3 rings (SSSR count). The smallest absolute Gasteiger partial charge is 0.256 e. The minimum atomic E-state index is -0.530. The van der Waals surface area contributed by atoms with Gasteiger partial charge in [-0.3, -0.25) is 4.79 Å². The van der Waals surface area contributed by atoms with Crippen LogP contribution >= 0.6 is 11.6 Å². The van der Waals surface area contributed by atoms with Crippen LogP contribution in [0.3, 0.4) is 0 Å². The van der Waals surface area contributed by atoms with E-state index in [0.717, 1.165) is 10.9 Å². The fourth-order valence-corrected chi connectivity index (χ4v) is 2.33. The predicted molar refractivity (Wildman–Crippen MR) is 77.2 cm³/mol. The van der Waals surface area contributed by atoms with Crippen molar-refractivity contribution in [1.82, 2.24) is 4.98 Å². The minimum Gasteiger partial charge on any atom is -0.486 e. The van der Waals surface area contributed by atoms with Crippen molar-refractivity contribution in [3.63, 3.8) is 0 Å². The van der Waals surface area contributed by atoms with E-state index in [1.165, 1.54) is 0 Å². The topological polar surface area (TPSA) is 51.7 Å². The summed E-state index contributed by atoms with van der Waals surface area (Å²) in [5.41, 5.74) is 1.11. The second-order valence-electron chi connectivity index (χ2n) is 4.72. The van der Waals surface area contributed by atoms with Gasteiger partial charge in [-0.15, -0.1) is 0 Å². The first-order chi connectivity index (χ1) is 9.56. The summed E-state index contributed by atoms with van der Waals surface area (Å²) in [4.78, 5) is 17.8. The lowest BCUT2D eigenvalue weighted by molar-refractivity contribution is 0.108. The van der Waals surface area contributed by atoms with Crippen LogP contribution in [0.1, 0.15) is 10.4 Å². The maximum absolute atomic E-state index is 11.5. The van der Waals surface area contributed by atoms with Gasteiger partial charge in [-0.2, -0.15) is 0 Å². The third-order valence-corrected chi connectivity index (χ3v) is 3.30. The van der Waals surface area contributed by atoms with Gasteiger partial charge in [-0.1, -0.05) is 0 Å². The largest absolute Gasteiger partial charge is 0.486 e. The molecule has 1 aliphatic heterocycles. The highest BCUT2D eigenvalue weighted by atomic mass is 35.5. The van der Waals surface area contributed by atoms with Crippen molar-refractivity contribution in [3.05, 3.63) is 23.8 Å². The Balaban J connectivity index is 2.25. The molecule has 1 aromatic heterocycles. The van der Waals surface area contributed by atoms with E-state index in [9.17, 15) is 4.79 Å². The number of nitrogens with zero attached hydrogens (tertiary/aromatic N) is 2. The fourth-order valence-electron chi connectivity index (χ4n) is 2.19. The zero-order chi connectivity index (χ0) is 14.3. The molecule has 104 valence electrons. The molecule has 1 aromatic carbocycles. The van der Waals surface area contributed by atoms with Gasteiger partial charge in [0.1, 0.15) is 19.0 Å². The lowest BCUT2D eigenvalue weighted by Crippen LogP contribution is -2.16. The van der Waals surface area contributed by atoms with Crippen molar-refractivity contribution >= 4 is 33.6 Å². The van der Waals surface area contributed by atoms with Crippen molar-refractivity contribution in [3.8, 4) is 11.5 Å². The summed E-state index contributed by atoms with van der Waals surface area (Å²) in [7, 11) is 3.63. The number of halogens is 1. The number of rotatable bonds is 2. The number of carbonyl (C=O) groups is 1. The van der Waals surface area contributed by atoms with Crippen molar-refractivity contribution in [1.29, 1.82) is 0 Å². The summed E-state index contributed by atoms with van der Waals surface area (Å²) in [6.45, 7) is 1.04. The molecule has 0 radical (unpaired) electrons. The minimum absolute atomic E-state index is 0.376. The maximum Gasteiger partial charge on any atom is 0.256 e. The number of aromatic nitrogens is 1. The molecule has 1 aliphatic rings. The van der Waals surface area contributed by atoms with E-state index in [0.29, 0.717) is 36.1 Å². The van der Waals surface area contributed by atoms with Gasteiger partial charge in [-0.25, -0.2) is 4.98 Å². The Morgan fingerprint density at radius 1 is 1.20 bits per heavy atom. The Kier molecular flexibility index (Phi) is 3.14. The molecular formula is C14H13ClN2O3. The Labute approximate surface area is 121 Å². The van der Waals surface area contributed by atoms with Gasteiger partial charge in [0.15, 0.2) is 11.5 Å². The van der Waals surface area contributed by atoms with Crippen molar-refractivity contribution < 1.29 is 14.3 Å². The molecule has 0 amide bonds. The van der Waals surface area contributed by atoms with E-state index >= 15 is 0 Å². The molecule has 0 spiro atoms. The van der Waals surface area contributed by atoms with Crippen LogP contribution in [0.25, 0.3) is 10.9 Å². The molecule has 0 atom stereocenters. The highest BCUT2D eigenvalue weighted by Crippen LogP contribution is 2.35. The highest BCUT2D eigenvalue weighted by Gasteiger charge is 2.18. The van der Waals surface area contributed by atoms with Crippen LogP contribution in [-0.2, 0) is 0 Å². The average Bonchev–Trinajstić information content (AvgIpc) is 2.43. The number of hydrogen-bond donors (Lipinski definition) is 0. The van der Waals surface area contributed by atoms with Crippen LogP contribution in [0.15, 0.2) is 18.2 Å². The van der Waals surface area contributed by atoms with Crippen molar-refractivity contribution in [2.24, 2.45) is 0 Å². The van der Waals surface area contributed by atoms with E-state index < -0.39 is 5.24 Å². The maximum atomic E-state index is 11.5. The number of hydrogen-bond acceptors (Lipinski definition) is 5. The van der Waals surface area contributed by atoms with Crippen LogP contribution in [0.2, 0.25) is 0 Å². The van der Waals surface area contributed by atoms with Crippen molar-refractivity contribution in [2.75, 3.05) is 32.2 Å². The number of fused-ring (bicyclic) bond motifs is 2. The molecule has 0 bridgehead atoms. The monoisotopic (exact) mass is 292 g/mol. The summed E-state index contributed by atoms with van der Waals surface area (Å²) in [6.07, 6.45) is 0. The zero-order valence-corrected chi connectivity index (χ0v) is 11.9. The van der Waals surface area contributed by atoms with Gasteiger partial charge < -0.3 is 14.4 Å². The molecule has 0 aliphatic carbocycles. The van der Waals surface area contributed by atoms with Crippen LogP contribution in [-0.4, -0.2) is 37.5 Å².